The van der Waals surface area contributed by atoms with Crippen LogP contribution in [0.4, 0.5) is 5.69 Å². The third-order valence-electron chi connectivity index (χ3n) is 4.30. The Kier molecular flexibility index (Phi) is 5.84. The average Bonchev–Trinajstić information content (AvgIpc) is 3.16. The Labute approximate surface area is 165 Å². The lowest BCUT2D eigenvalue weighted by Gasteiger charge is -2.18. The number of aromatic nitrogens is 1. The molecule has 0 saturated carbocycles. The van der Waals surface area contributed by atoms with Crippen LogP contribution in [-0.4, -0.2) is 25.1 Å². The molecule has 1 amide bonds. The summed E-state index contributed by atoms with van der Waals surface area (Å²) in [5.74, 6) is -0.129. The number of sulfonamides is 1. The molecule has 7 heteroatoms. The fourth-order valence-electron chi connectivity index (χ4n) is 3.02. The topological polar surface area (TPSA) is 80.2 Å². The van der Waals surface area contributed by atoms with Crippen LogP contribution >= 0.6 is 0 Å². The maximum Gasteiger partial charge on any atom is 0.229 e. The predicted molar refractivity (Wildman–Crippen MR) is 111 cm³/mol. The summed E-state index contributed by atoms with van der Waals surface area (Å²) < 4.78 is 27.6. The van der Waals surface area contributed by atoms with E-state index >= 15 is 0 Å². The minimum absolute atomic E-state index is 0.129. The zero-order valence-corrected chi connectivity index (χ0v) is 16.6. The summed E-state index contributed by atoms with van der Waals surface area (Å²) in [6, 6.07) is 18.4. The van der Waals surface area contributed by atoms with E-state index in [1.807, 2.05) is 66.3 Å². The number of para-hydroxylation sites is 1. The van der Waals surface area contributed by atoms with Gasteiger partial charge in [-0.3, -0.25) is 9.52 Å². The summed E-state index contributed by atoms with van der Waals surface area (Å²) in [6.07, 6.45) is 5.28. The van der Waals surface area contributed by atoms with Crippen molar-refractivity contribution in [1.29, 1.82) is 0 Å². The van der Waals surface area contributed by atoms with Crippen LogP contribution < -0.4 is 10.0 Å². The first-order chi connectivity index (χ1) is 13.3. The maximum absolute atomic E-state index is 12.5. The van der Waals surface area contributed by atoms with Crippen molar-refractivity contribution < 1.29 is 13.2 Å². The van der Waals surface area contributed by atoms with E-state index in [1.54, 1.807) is 18.2 Å². The number of anilines is 1. The molecule has 0 aliphatic rings. The largest absolute Gasteiger partial charge is 0.349 e. The van der Waals surface area contributed by atoms with Gasteiger partial charge in [0.2, 0.25) is 15.9 Å². The SMILES string of the molecule is CC(NC(=O)Cc1ccc(-n2cccc2)cc1)c1ccccc1NS(C)(=O)=O. The lowest BCUT2D eigenvalue weighted by atomic mass is 10.1. The number of amides is 1. The van der Waals surface area contributed by atoms with Gasteiger partial charge in [-0.1, -0.05) is 30.3 Å². The molecular formula is C21H23N3O3S. The lowest BCUT2D eigenvalue weighted by molar-refractivity contribution is -0.121. The monoisotopic (exact) mass is 397 g/mol. The molecule has 1 atom stereocenters. The quantitative estimate of drug-likeness (QED) is 0.642. The summed E-state index contributed by atoms with van der Waals surface area (Å²) in [7, 11) is -3.40. The van der Waals surface area contributed by atoms with E-state index in [-0.39, 0.29) is 18.4 Å². The van der Waals surface area contributed by atoms with Gasteiger partial charge in [-0.2, -0.15) is 0 Å². The molecule has 1 unspecified atom stereocenters. The second-order valence-electron chi connectivity index (χ2n) is 6.68. The van der Waals surface area contributed by atoms with Crippen LogP contribution in [-0.2, 0) is 21.2 Å². The second-order valence-corrected chi connectivity index (χ2v) is 8.43. The van der Waals surface area contributed by atoms with Gasteiger partial charge in [-0.15, -0.1) is 0 Å². The molecule has 0 fully saturated rings. The highest BCUT2D eigenvalue weighted by Crippen LogP contribution is 2.23. The Morgan fingerprint density at radius 2 is 1.64 bits per heavy atom. The highest BCUT2D eigenvalue weighted by molar-refractivity contribution is 7.92. The molecule has 3 aromatic rings. The van der Waals surface area contributed by atoms with Crippen molar-refractivity contribution in [1.82, 2.24) is 9.88 Å². The molecule has 0 bridgehead atoms. The highest BCUT2D eigenvalue weighted by Gasteiger charge is 2.15. The molecule has 146 valence electrons. The van der Waals surface area contributed by atoms with E-state index in [0.29, 0.717) is 11.3 Å². The summed E-state index contributed by atoms with van der Waals surface area (Å²) in [4.78, 5) is 12.5. The Hall–Kier alpha value is -3.06. The van der Waals surface area contributed by atoms with Crippen LogP contribution in [0.25, 0.3) is 5.69 Å². The van der Waals surface area contributed by atoms with Crippen molar-refractivity contribution in [3.63, 3.8) is 0 Å². The molecule has 3 rings (SSSR count). The highest BCUT2D eigenvalue weighted by atomic mass is 32.2. The molecule has 0 aliphatic heterocycles. The van der Waals surface area contributed by atoms with Gasteiger partial charge in [0.15, 0.2) is 0 Å². The van der Waals surface area contributed by atoms with Gasteiger partial charge in [0.25, 0.3) is 0 Å². The number of nitrogens with one attached hydrogen (secondary N) is 2. The smallest absolute Gasteiger partial charge is 0.229 e. The molecule has 1 aromatic heterocycles. The lowest BCUT2D eigenvalue weighted by Crippen LogP contribution is -2.28. The number of nitrogens with zero attached hydrogens (tertiary/aromatic N) is 1. The number of hydrogen-bond acceptors (Lipinski definition) is 3. The summed E-state index contributed by atoms with van der Waals surface area (Å²) in [5.41, 5.74) is 3.12. The van der Waals surface area contributed by atoms with Crippen LogP contribution in [0.1, 0.15) is 24.1 Å². The molecule has 1 heterocycles. The molecular weight excluding hydrogens is 374 g/mol. The minimum atomic E-state index is -3.40. The second kappa shape index (κ2) is 8.31. The molecule has 0 spiro atoms. The Morgan fingerprint density at radius 1 is 1.00 bits per heavy atom. The van der Waals surface area contributed by atoms with Gasteiger partial charge in [-0.25, -0.2) is 8.42 Å². The van der Waals surface area contributed by atoms with E-state index in [9.17, 15) is 13.2 Å². The maximum atomic E-state index is 12.5. The Balaban J connectivity index is 1.65. The van der Waals surface area contributed by atoms with E-state index in [2.05, 4.69) is 10.0 Å². The molecule has 2 N–H and O–H groups in total. The van der Waals surface area contributed by atoms with Crippen LogP contribution in [0, 0.1) is 0 Å². The van der Waals surface area contributed by atoms with Gasteiger partial charge in [0, 0.05) is 18.1 Å². The third-order valence-corrected chi connectivity index (χ3v) is 4.89. The fourth-order valence-corrected chi connectivity index (χ4v) is 3.60. The Bertz CT molecular complexity index is 1040. The van der Waals surface area contributed by atoms with Crippen molar-refractivity contribution in [2.24, 2.45) is 0 Å². The summed E-state index contributed by atoms with van der Waals surface area (Å²) in [6.45, 7) is 1.83. The Morgan fingerprint density at radius 3 is 2.29 bits per heavy atom. The van der Waals surface area contributed by atoms with E-state index in [1.165, 1.54) is 0 Å². The minimum Gasteiger partial charge on any atom is -0.349 e. The van der Waals surface area contributed by atoms with Crippen molar-refractivity contribution >= 4 is 21.6 Å². The molecule has 0 aliphatic carbocycles. The van der Waals surface area contributed by atoms with Gasteiger partial charge in [0.05, 0.1) is 24.4 Å². The third kappa shape index (κ3) is 5.23. The summed E-state index contributed by atoms with van der Waals surface area (Å²) >= 11 is 0. The molecule has 28 heavy (non-hydrogen) atoms. The molecule has 2 aromatic carbocycles. The molecule has 0 saturated heterocycles. The van der Waals surface area contributed by atoms with Crippen LogP contribution in [0.15, 0.2) is 73.1 Å². The van der Waals surface area contributed by atoms with E-state index in [0.717, 1.165) is 17.5 Å². The van der Waals surface area contributed by atoms with Crippen molar-refractivity contribution in [3.8, 4) is 5.69 Å². The van der Waals surface area contributed by atoms with E-state index < -0.39 is 10.0 Å². The summed E-state index contributed by atoms with van der Waals surface area (Å²) in [5, 5.41) is 2.93. The van der Waals surface area contributed by atoms with Crippen LogP contribution in [0.5, 0.6) is 0 Å². The first-order valence-electron chi connectivity index (χ1n) is 8.90. The van der Waals surface area contributed by atoms with E-state index in [4.69, 9.17) is 0 Å². The number of benzene rings is 2. The van der Waals surface area contributed by atoms with Gasteiger partial charge in [0.1, 0.15) is 0 Å². The molecule has 6 nitrogen and oxygen atoms in total. The average molecular weight is 398 g/mol. The number of carbonyl (C=O) groups is 1. The normalized spacial score (nSPS) is 12.4. The standard InChI is InChI=1S/C21H23N3O3S/c1-16(19-7-3-4-8-20(19)23-28(2,26)27)22-21(25)15-17-9-11-18(12-10-17)24-13-5-6-14-24/h3-14,16,23H,15H2,1-2H3,(H,22,25). The molecule has 0 radical (unpaired) electrons. The van der Waals surface area contributed by atoms with Crippen LogP contribution in [0.3, 0.4) is 0 Å². The predicted octanol–water partition coefficient (Wildman–Crippen LogP) is 3.27. The zero-order valence-electron chi connectivity index (χ0n) is 15.8. The number of rotatable bonds is 7. The zero-order chi connectivity index (χ0) is 20.1. The van der Waals surface area contributed by atoms with Gasteiger partial charge >= 0.3 is 0 Å². The number of carbonyl (C=O) groups excluding carboxylic acids is 1. The first-order valence-corrected chi connectivity index (χ1v) is 10.8. The van der Waals surface area contributed by atoms with Gasteiger partial charge in [-0.05, 0) is 48.4 Å². The first kappa shape index (κ1) is 19.7. The van der Waals surface area contributed by atoms with Crippen molar-refractivity contribution in [2.45, 2.75) is 19.4 Å². The fraction of sp³-hybridized carbons (Fsp3) is 0.190. The number of hydrogen-bond donors (Lipinski definition) is 2. The van der Waals surface area contributed by atoms with Crippen molar-refractivity contribution in [3.05, 3.63) is 84.2 Å². The van der Waals surface area contributed by atoms with Gasteiger partial charge < -0.3 is 9.88 Å². The van der Waals surface area contributed by atoms with Crippen LogP contribution in [0.2, 0.25) is 0 Å². The van der Waals surface area contributed by atoms with Crippen molar-refractivity contribution in [2.75, 3.05) is 11.0 Å².